The van der Waals surface area contributed by atoms with Gasteiger partial charge in [-0.3, -0.25) is 9.59 Å². The standard InChI is InChI=1S/C10H14O3/c1-5-7(2)8(3)9(11)6-10(12)13-4/h2-3,5-6H2,1,4H3. The van der Waals surface area contributed by atoms with Crippen LogP contribution in [0, 0.1) is 0 Å². The summed E-state index contributed by atoms with van der Waals surface area (Å²) < 4.78 is 4.35. The zero-order valence-electron chi connectivity index (χ0n) is 8.05. The van der Waals surface area contributed by atoms with E-state index in [-0.39, 0.29) is 12.2 Å². The van der Waals surface area contributed by atoms with Crippen molar-refractivity contribution in [1.29, 1.82) is 0 Å². The molecule has 0 aliphatic rings. The van der Waals surface area contributed by atoms with Gasteiger partial charge in [0.05, 0.1) is 7.11 Å². The van der Waals surface area contributed by atoms with Crippen LogP contribution < -0.4 is 0 Å². The number of carbonyl (C=O) groups is 2. The topological polar surface area (TPSA) is 43.4 Å². The van der Waals surface area contributed by atoms with Crippen molar-refractivity contribution in [3.63, 3.8) is 0 Å². The van der Waals surface area contributed by atoms with Gasteiger partial charge in [0.1, 0.15) is 6.42 Å². The molecule has 0 radical (unpaired) electrons. The van der Waals surface area contributed by atoms with Crippen LogP contribution in [0.2, 0.25) is 0 Å². The molecule has 0 aliphatic heterocycles. The summed E-state index contributed by atoms with van der Waals surface area (Å²) in [7, 11) is 1.24. The molecule has 0 aliphatic carbocycles. The third kappa shape index (κ3) is 3.69. The first-order valence-electron chi connectivity index (χ1n) is 4.00. The number of carbonyl (C=O) groups excluding carboxylic acids is 2. The third-order valence-electron chi connectivity index (χ3n) is 1.72. The van der Waals surface area contributed by atoms with Gasteiger partial charge >= 0.3 is 5.97 Å². The monoisotopic (exact) mass is 182 g/mol. The van der Waals surface area contributed by atoms with Gasteiger partial charge in [0, 0.05) is 5.57 Å². The second-order valence-electron chi connectivity index (χ2n) is 2.61. The molecule has 0 saturated heterocycles. The Labute approximate surface area is 78.1 Å². The summed E-state index contributed by atoms with van der Waals surface area (Å²) >= 11 is 0. The van der Waals surface area contributed by atoms with E-state index in [1.807, 2.05) is 6.92 Å². The van der Waals surface area contributed by atoms with Crippen LogP contribution in [0.5, 0.6) is 0 Å². The van der Waals surface area contributed by atoms with Gasteiger partial charge in [-0.25, -0.2) is 0 Å². The Bertz CT molecular complexity index is 251. The summed E-state index contributed by atoms with van der Waals surface area (Å²) in [6.45, 7) is 9.08. The fraction of sp³-hybridized carbons (Fsp3) is 0.400. The Balaban J connectivity index is 4.20. The van der Waals surface area contributed by atoms with E-state index in [0.29, 0.717) is 17.6 Å². The van der Waals surface area contributed by atoms with Crippen molar-refractivity contribution in [2.24, 2.45) is 0 Å². The van der Waals surface area contributed by atoms with E-state index in [2.05, 4.69) is 17.9 Å². The largest absolute Gasteiger partial charge is 0.469 e. The number of hydrogen-bond acceptors (Lipinski definition) is 3. The SMILES string of the molecule is C=C(CC)C(=C)C(=O)CC(=O)OC. The molecule has 0 amide bonds. The lowest BCUT2D eigenvalue weighted by molar-refractivity contribution is -0.142. The van der Waals surface area contributed by atoms with Crippen LogP contribution >= 0.6 is 0 Å². The molecule has 0 aromatic heterocycles. The highest BCUT2D eigenvalue weighted by Gasteiger charge is 2.13. The highest BCUT2D eigenvalue weighted by Crippen LogP contribution is 2.11. The van der Waals surface area contributed by atoms with Gasteiger partial charge in [-0.1, -0.05) is 20.1 Å². The van der Waals surface area contributed by atoms with E-state index in [1.165, 1.54) is 7.11 Å². The molecule has 0 heterocycles. The Hall–Kier alpha value is -1.38. The minimum atomic E-state index is -0.546. The van der Waals surface area contributed by atoms with E-state index < -0.39 is 5.97 Å². The first-order valence-corrected chi connectivity index (χ1v) is 4.00. The maximum atomic E-state index is 11.3. The number of hydrogen-bond donors (Lipinski definition) is 0. The van der Waals surface area contributed by atoms with E-state index in [1.54, 1.807) is 0 Å². The molecule has 0 atom stereocenters. The first kappa shape index (κ1) is 11.6. The van der Waals surface area contributed by atoms with Crippen molar-refractivity contribution < 1.29 is 14.3 Å². The summed E-state index contributed by atoms with van der Waals surface area (Å²) in [5.41, 5.74) is 0.974. The Kier molecular flexibility index (Phi) is 4.74. The zero-order valence-corrected chi connectivity index (χ0v) is 8.05. The molecule has 0 N–H and O–H groups in total. The number of ether oxygens (including phenoxy) is 1. The van der Waals surface area contributed by atoms with E-state index in [0.717, 1.165) is 0 Å². The van der Waals surface area contributed by atoms with Crippen molar-refractivity contribution in [1.82, 2.24) is 0 Å². The molecular formula is C10H14O3. The minimum absolute atomic E-state index is 0.256. The summed E-state index contributed by atoms with van der Waals surface area (Å²) in [4.78, 5) is 22.0. The van der Waals surface area contributed by atoms with Gasteiger partial charge in [0.25, 0.3) is 0 Å². The van der Waals surface area contributed by atoms with Gasteiger partial charge in [-0.05, 0) is 12.0 Å². The average Bonchev–Trinajstić information content (AvgIpc) is 2.14. The van der Waals surface area contributed by atoms with Crippen LogP contribution in [0.1, 0.15) is 19.8 Å². The minimum Gasteiger partial charge on any atom is -0.469 e. The number of methoxy groups -OCH3 is 1. The summed E-state index contributed by atoms with van der Waals surface area (Å²) in [5.74, 6) is -0.867. The predicted octanol–water partition coefficient (Wildman–Crippen LogP) is 1.64. The maximum absolute atomic E-state index is 11.3. The van der Waals surface area contributed by atoms with Gasteiger partial charge in [0.15, 0.2) is 5.78 Å². The average molecular weight is 182 g/mol. The molecule has 0 aromatic carbocycles. The molecule has 13 heavy (non-hydrogen) atoms. The molecular weight excluding hydrogens is 168 g/mol. The molecule has 0 rings (SSSR count). The molecule has 72 valence electrons. The van der Waals surface area contributed by atoms with Crippen LogP contribution in [0.3, 0.4) is 0 Å². The number of Topliss-reactive ketones (excluding diaryl/α,β-unsaturated/α-hetero) is 1. The van der Waals surface area contributed by atoms with Crippen molar-refractivity contribution in [2.45, 2.75) is 19.8 Å². The van der Waals surface area contributed by atoms with Crippen LogP contribution in [0.25, 0.3) is 0 Å². The van der Waals surface area contributed by atoms with Crippen molar-refractivity contribution in [3.05, 3.63) is 24.3 Å². The Morgan fingerprint density at radius 3 is 2.23 bits per heavy atom. The Morgan fingerprint density at radius 1 is 1.31 bits per heavy atom. The summed E-state index contributed by atoms with van der Waals surface area (Å²) in [5, 5.41) is 0. The van der Waals surface area contributed by atoms with E-state index >= 15 is 0 Å². The van der Waals surface area contributed by atoms with Crippen molar-refractivity contribution >= 4 is 11.8 Å². The second kappa shape index (κ2) is 5.30. The molecule has 3 nitrogen and oxygen atoms in total. The van der Waals surface area contributed by atoms with E-state index in [9.17, 15) is 9.59 Å². The van der Waals surface area contributed by atoms with Gasteiger partial charge in [-0.2, -0.15) is 0 Å². The lowest BCUT2D eigenvalue weighted by Gasteiger charge is -2.04. The zero-order chi connectivity index (χ0) is 10.4. The van der Waals surface area contributed by atoms with Crippen molar-refractivity contribution in [3.8, 4) is 0 Å². The normalized spacial score (nSPS) is 9.08. The number of allylic oxidation sites excluding steroid dienone is 2. The summed E-state index contributed by atoms with van der Waals surface area (Å²) in [6, 6.07) is 0. The fourth-order valence-electron chi connectivity index (χ4n) is 0.721. The maximum Gasteiger partial charge on any atom is 0.313 e. The molecule has 0 saturated carbocycles. The number of esters is 1. The first-order chi connectivity index (χ1) is 6.02. The Morgan fingerprint density at radius 2 is 1.85 bits per heavy atom. The van der Waals surface area contributed by atoms with Gasteiger partial charge < -0.3 is 4.74 Å². The van der Waals surface area contributed by atoms with Gasteiger partial charge in [-0.15, -0.1) is 0 Å². The highest BCUT2D eigenvalue weighted by atomic mass is 16.5. The lowest BCUT2D eigenvalue weighted by Crippen LogP contribution is -2.11. The number of ketones is 1. The van der Waals surface area contributed by atoms with Crippen LogP contribution in [-0.4, -0.2) is 18.9 Å². The quantitative estimate of drug-likeness (QED) is 0.281. The van der Waals surface area contributed by atoms with Crippen LogP contribution in [0.15, 0.2) is 24.3 Å². The molecule has 0 aromatic rings. The third-order valence-corrected chi connectivity index (χ3v) is 1.72. The fourth-order valence-corrected chi connectivity index (χ4v) is 0.721. The van der Waals surface area contributed by atoms with Crippen LogP contribution in [-0.2, 0) is 14.3 Å². The highest BCUT2D eigenvalue weighted by molar-refractivity contribution is 6.07. The second-order valence-corrected chi connectivity index (χ2v) is 2.61. The predicted molar refractivity (Wildman–Crippen MR) is 50.2 cm³/mol. The summed E-state index contributed by atoms with van der Waals surface area (Å²) in [6.07, 6.45) is 0.403. The van der Waals surface area contributed by atoms with Gasteiger partial charge in [0.2, 0.25) is 0 Å². The van der Waals surface area contributed by atoms with Crippen molar-refractivity contribution in [2.75, 3.05) is 7.11 Å². The molecule has 0 bridgehead atoms. The molecule has 0 unspecified atom stereocenters. The number of rotatable bonds is 5. The smallest absolute Gasteiger partial charge is 0.313 e. The molecule has 3 heteroatoms. The lowest BCUT2D eigenvalue weighted by atomic mass is 10.0. The van der Waals surface area contributed by atoms with Crippen LogP contribution in [0.4, 0.5) is 0 Å². The van der Waals surface area contributed by atoms with E-state index in [4.69, 9.17) is 0 Å². The molecule has 0 spiro atoms. The molecule has 0 fully saturated rings.